The van der Waals surface area contributed by atoms with E-state index in [1.807, 2.05) is 5.38 Å². The van der Waals surface area contributed by atoms with Crippen molar-refractivity contribution >= 4 is 17.4 Å². The fraction of sp³-hybridized carbons (Fsp3) is 0.556. The first-order chi connectivity index (χ1) is 6.86. The first-order valence-corrected chi connectivity index (χ1v) is 5.59. The van der Waals surface area contributed by atoms with Gasteiger partial charge < -0.3 is 9.64 Å². The van der Waals surface area contributed by atoms with Gasteiger partial charge in [-0.25, -0.2) is 9.78 Å². The lowest BCUT2D eigenvalue weighted by Gasteiger charge is -2.14. The van der Waals surface area contributed by atoms with Crippen molar-refractivity contribution in [1.82, 2.24) is 9.88 Å². The van der Waals surface area contributed by atoms with E-state index >= 15 is 0 Å². The summed E-state index contributed by atoms with van der Waals surface area (Å²) in [5.74, 6) is 0. The summed E-state index contributed by atoms with van der Waals surface area (Å²) in [6.45, 7) is 1.95. The molecule has 1 amide bonds. The highest BCUT2D eigenvalue weighted by Crippen LogP contribution is 2.10. The van der Waals surface area contributed by atoms with Crippen LogP contribution in [-0.2, 0) is 11.3 Å². The number of aromatic nitrogens is 1. The Balaban J connectivity index is 1.77. The molecule has 5 heteroatoms. The molecule has 1 aromatic heterocycles. The normalized spacial score (nSPS) is 15.9. The van der Waals surface area contributed by atoms with Crippen LogP contribution in [0.1, 0.15) is 18.5 Å². The van der Waals surface area contributed by atoms with Crippen molar-refractivity contribution < 1.29 is 9.53 Å². The zero-order chi connectivity index (χ0) is 9.80. The number of hydrogen-bond donors (Lipinski definition) is 0. The average Bonchev–Trinajstić information content (AvgIpc) is 2.87. The lowest BCUT2D eigenvalue weighted by molar-refractivity contribution is 0.103. The van der Waals surface area contributed by atoms with Gasteiger partial charge in [0, 0.05) is 18.5 Å². The maximum atomic E-state index is 11.4. The van der Waals surface area contributed by atoms with Crippen molar-refractivity contribution in [3.8, 4) is 0 Å². The quantitative estimate of drug-likeness (QED) is 0.751. The highest BCUT2D eigenvalue weighted by molar-refractivity contribution is 7.07. The van der Waals surface area contributed by atoms with Gasteiger partial charge in [0.1, 0.15) is 6.61 Å². The lowest BCUT2D eigenvalue weighted by atomic mass is 10.4. The van der Waals surface area contributed by atoms with Crippen LogP contribution >= 0.6 is 11.3 Å². The molecule has 76 valence electrons. The molecule has 0 radical (unpaired) electrons. The third-order valence-corrected chi connectivity index (χ3v) is 2.83. The molecule has 0 N–H and O–H groups in total. The second-order valence-corrected chi connectivity index (χ2v) is 3.95. The van der Waals surface area contributed by atoms with Crippen LogP contribution in [0.5, 0.6) is 0 Å². The third-order valence-electron chi connectivity index (χ3n) is 2.19. The van der Waals surface area contributed by atoms with Crippen LogP contribution in [0.15, 0.2) is 10.9 Å². The zero-order valence-corrected chi connectivity index (χ0v) is 8.63. The number of carbonyl (C=O) groups excluding carboxylic acids is 1. The van der Waals surface area contributed by atoms with Crippen molar-refractivity contribution in [3.63, 3.8) is 0 Å². The van der Waals surface area contributed by atoms with E-state index in [2.05, 4.69) is 4.98 Å². The average molecular weight is 212 g/mol. The first-order valence-electron chi connectivity index (χ1n) is 4.65. The van der Waals surface area contributed by atoms with E-state index in [-0.39, 0.29) is 6.09 Å². The number of thiazole rings is 1. The Labute approximate surface area is 86.5 Å². The molecule has 0 aliphatic carbocycles. The number of hydrogen-bond acceptors (Lipinski definition) is 4. The molecule has 2 heterocycles. The van der Waals surface area contributed by atoms with Gasteiger partial charge in [0.15, 0.2) is 0 Å². The molecule has 1 fully saturated rings. The number of nitrogens with zero attached hydrogens (tertiary/aromatic N) is 2. The molecule has 1 saturated heterocycles. The lowest BCUT2D eigenvalue weighted by Crippen LogP contribution is -2.28. The maximum absolute atomic E-state index is 11.4. The minimum atomic E-state index is -0.212. The highest BCUT2D eigenvalue weighted by Gasteiger charge is 2.18. The summed E-state index contributed by atoms with van der Waals surface area (Å²) in [6.07, 6.45) is 1.97. The van der Waals surface area contributed by atoms with Crippen LogP contribution in [-0.4, -0.2) is 29.1 Å². The minimum absolute atomic E-state index is 0.212. The highest BCUT2D eigenvalue weighted by atomic mass is 32.1. The summed E-state index contributed by atoms with van der Waals surface area (Å²) >= 11 is 1.51. The molecule has 0 spiro atoms. The molecule has 0 saturated carbocycles. The standard InChI is InChI=1S/C9H12N2O2S/c12-9(11-3-1-2-4-11)13-5-8-6-14-7-10-8/h6-7H,1-5H2. The Hall–Kier alpha value is -1.10. The number of rotatable bonds is 2. The summed E-state index contributed by atoms with van der Waals surface area (Å²) in [6, 6.07) is 0. The minimum Gasteiger partial charge on any atom is -0.443 e. The fourth-order valence-corrected chi connectivity index (χ4v) is 1.98. The number of amides is 1. The molecule has 0 unspecified atom stereocenters. The van der Waals surface area contributed by atoms with Gasteiger partial charge in [0.25, 0.3) is 0 Å². The van der Waals surface area contributed by atoms with Crippen LogP contribution in [0.2, 0.25) is 0 Å². The van der Waals surface area contributed by atoms with Gasteiger partial charge in [0.05, 0.1) is 11.2 Å². The van der Waals surface area contributed by atoms with Crippen molar-refractivity contribution in [3.05, 3.63) is 16.6 Å². The molecule has 0 atom stereocenters. The second kappa shape index (κ2) is 4.41. The van der Waals surface area contributed by atoms with Gasteiger partial charge in [0.2, 0.25) is 0 Å². The summed E-state index contributed by atoms with van der Waals surface area (Å²) < 4.78 is 5.10. The van der Waals surface area contributed by atoms with Crippen molar-refractivity contribution in [2.75, 3.05) is 13.1 Å². The van der Waals surface area contributed by atoms with E-state index in [0.29, 0.717) is 6.61 Å². The molecular formula is C9H12N2O2S. The van der Waals surface area contributed by atoms with Crippen molar-refractivity contribution in [1.29, 1.82) is 0 Å². The zero-order valence-electron chi connectivity index (χ0n) is 7.81. The van der Waals surface area contributed by atoms with Crippen molar-refractivity contribution in [2.24, 2.45) is 0 Å². The van der Waals surface area contributed by atoms with Gasteiger partial charge >= 0.3 is 6.09 Å². The smallest absolute Gasteiger partial charge is 0.410 e. The van der Waals surface area contributed by atoms with Crippen molar-refractivity contribution in [2.45, 2.75) is 19.4 Å². The van der Waals surface area contributed by atoms with Gasteiger partial charge in [-0.05, 0) is 12.8 Å². The predicted octanol–water partition coefficient (Wildman–Crippen LogP) is 1.88. The predicted molar refractivity (Wildman–Crippen MR) is 53.1 cm³/mol. The summed E-state index contributed by atoms with van der Waals surface area (Å²) in [4.78, 5) is 17.2. The maximum Gasteiger partial charge on any atom is 0.410 e. The molecular weight excluding hydrogens is 200 g/mol. The Morgan fingerprint density at radius 2 is 2.36 bits per heavy atom. The molecule has 0 bridgehead atoms. The second-order valence-electron chi connectivity index (χ2n) is 3.23. The summed E-state index contributed by atoms with van der Waals surface area (Å²) in [5, 5.41) is 1.89. The third kappa shape index (κ3) is 2.23. The van der Waals surface area contributed by atoms with E-state index in [0.717, 1.165) is 31.6 Å². The van der Waals surface area contributed by atoms with Gasteiger partial charge in [-0.15, -0.1) is 11.3 Å². The molecule has 1 aliphatic heterocycles. The Kier molecular flexibility index (Phi) is 2.98. The van der Waals surface area contributed by atoms with E-state index in [4.69, 9.17) is 4.74 Å². The summed E-state index contributed by atoms with van der Waals surface area (Å²) in [7, 11) is 0. The molecule has 2 rings (SSSR count). The van der Waals surface area contributed by atoms with E-state index in [1.54, 1.807) is 10.4 Å². The fourth-order valence-electron chi connectivity index (χ4n) is 1.44. The molecule has 4 nitrogen and oxygen atoms in total. The van der Waals surface area contributed by atoms with Gasteiger partial charge in [-0.2, -0.15) is 0 Å². The van der Waals surface area contributed by atoms with E-state index in [1.165, 1.54) is 11.3 Å². The Morgan fingerprint density at radius 3 is 3.00 bits per heavy atom. The summed E-state index contributed by atoms with van der Waals surface area (Å²) in [5.41, 5.74) is 2.56. The Bertz CT molecular complexity index is 294. The first kappa shape index (κ1) is 9.45. The van der Waals surface area contributed by atoms with Crippen LogP contribution in [0.25, 0.3) is 0 Å². The van der Waals surface area contributed by atoms with Gasteiger partial charge in [-0.1, -0.05) is 0 Å². The van der Waals surface area contributed by atoms with Crippen LogP contribution in [0.3, 0.4) is 0 Å². The van der Waals surface area contributed by atoms with Crippen LogP contribution in [0, 0.1) is 0 Å². The SMILES string of the molecule is O=C(OCc1cscn1)N1CCCC1. The van der Waals surface area contributed by atoms with Gasteiger partial charge in [-0.3, -0.25) is 0 Å². The van der Waals surface area contributed by atoms with E-state index in [9.17, 15) is 4.79 Å². The number of carbonyl (C=O) groups is 1. The molecule has 0 aromatic carbocycles. The number of likely N-dealkylation sites (tertiary alicyclic amines) is 1. The molecule has 1 aliphatic rings. The van der Waals surface area contributed by atoms with Crippen LogP contribution < -0.4 is 0 Å². The monoisotopic (exact) mass is 212 g/mol. The van der Waals surface area contributed by atoms with Crippen LogP contribution in [0.4, 0.5) is 4.79 Å². The molecule has 14 heavy (non-hydrogen) atoms. The Morgan fingerprint density at radius 1 is 1.57 bits per heavy atom. The largest absolute Gasteiger partial charge is 0.443 e. The topological polar surface area (TPSA) is 42.4 Å². The molecule has 1 aromatic rings. The number of ether oxygens (including phenoxy) is 1. The van der Waals surface area contributed by atoms with E-state index < -0.39 is 0 Å².